The SMILES string of the molecule is CC(=O)Nc1nc(N2CCOCC2)c2nc(-c3ccc(N)cc3)cnc2n1.CC(C)C(=O)Cl.Nc1nc(N2CCOCC2)c2nc(-c3ccc(NC(=O)C4CC4)cc3)cnc2n1. The molecular formula is C42H47ClN14O5. The maximum atomic E-state index is 11.9. The van der Waals surface area contributed by atoms with Crippen LogP contribution in [0.2, 0.25) is 0 Å². The molecule has 2 amide bonds. The Morgan fingerprint density at radius 1 is 0.694 bits per heavy atom. The van der Waals surface area contributed by atoms with Crippen LogP contribution in [0.1, 0.15) is 33.6 Å². The Morgan fingerprint density at radius 3 is 1.66 bits per heavy atom. The van der Waals surface area contributed by atoms with Gasteiger partial charge in [-0.1, -0.05) is 38.1 Å². The van der Waals surface area contributed by atoms with Crippen LogP contribution in [-0.4, -0.2) is 110 Å². The molecule has 0 unspecified atom stereocenters. The molecule has 1 aliphatic carbocycles. The first-order valence-corrected chi connectivity index (χ1v) is 20.5. The number of amides is 2. The molecule has 322 valence electrons. The van der Waals surface area contributed by atoms with Crippen molar-refractivity contribution in [3.05, 3.63) is 60.9 Å². The van der Waals surface area contributed by atoms with Gasteiger partial charge in [-0.15, -0.1) is 0 Å². The Hall–Kier alpha value is -6.70. The molecule has 19 nitrogen and oxygen atoms in total. The first kappa shape index (κ1) is 43.4. The number of fused-ring (bicyclic) bond motifs is 2. The Bertz CT molecular complexity index is 2550. The number of aromatic nitrogens is 8. The number of nitrogens with one attached hydrogen (secondary N) is 2. The molecule has 3 aliphatic rings. The second kappa shape index (κ2) is 19.8. The zero-order valence-electron chi connectivity index (χ0n) is 34.5. The number of carbonyl (C=O) groups is 3. The van der Waals surface area contributed by atoms with Gasteiger partial charge in [0.05, 0.1) is 50.2 Å². The van der Waals surface area contributed by atoms with Gasteiger partial charge in [-0.05, 0) is 48.7 Å². The van der Waals surface area contributed by atoms with Crippen LogP contribution >= 0.6 is 11.6 Å². The molecule has 1 saturated carbocycles. The summed E-state index contributed by atoms with van der Waals surface area (Å²) in [7, 11) is 0. The van der Waals surface area contributed by atoms with Crippen molar-refractivity contribution in [3.63, 3.8) is 0 Å². The first-order chi connectivity index (χ1) is 29.9. The Balaban J connectivity index is 0.000000165. The number of nitrogens with two attached hydrogens (primary N) is 2. The van der Waals surface area contributed by atoms with Crippen LogP contribution in [0.3, 0.4) is 0 Å². The van der Waals surface area contributed by atoms with Crippen LogP contribution in [0.5, 0.6) is 0 Å². The zero-order valence-corrected chi connectivity index (χ0v) is 35.3. The maximum absolute atomic E-state index is 11.9. The molecule has 2 saturated heterocycles. The van der Waals surface area contributed by atoms with Gasteiger partial charge in [0.2, 0.25) is 29.0 Å². The van der Waals surface area contributed by atoms with E-state index >= 15 is 0 Å². The number of anilines is 6. The second-order valence-corrected chi connectivity index (χ2v) is 15.3. The van der Waals surface area contributed by atoms with E-state index in [1.54, 1.807) is 26.2 Å². The minimum absolute atomic E-state index is 0.0216. The van der Waals surface area contributed by atoms with E-state index in [1.807, 2.05) is 48.5 Å². The number of ether oxygens (including phenoxy) is 2. The summed E-state index contributed by atoms with van der Waals surface area (Å²) in [5, 5.41) is 5.30. The van der Waals surface area contributed by atoms with E-state index in [0.29, 0.717) is 104 Å². The van der Waals surface area contributed by atoms with Crippen molar-refractivity contribution < 1.29 is 23.9 Å². The van der Waals surface area contributed by atoms with Crippen LogP contribution in [0.15, 0.2) is 60.9 Å². The highest BCUT2D eigenvalue weighted by Crippen LogP contribution is 2.31. The fourth-order valence-electron chi connectivity index (χ4n) is 6.25. The monoisotopic (exact) mass is 862 g/mol. The molecule has 6 heterocycles. The molecule has 3 fully saturated rings. The van der Waals surface area contributed by atoms with Crippen LogP contribution in [0.25, 0.3) is 44.8 Å². The molecule has 0 spiro atoms. The van der Waals surface area contributed by atoms with E-state index in [4.69, 9.17) is 42.5 Å². The van der Waals surface area contributed by atoms with Crippen LogP contribution in [0, 0.1) is 11.8 Å². The third-order valence-electron chi connectivity index (χ3n) is 9.76. The second-order valence-electron chi connectivity index (χ2n) is 14.9. The highest BCUT2D eigenvalue weighted by Gasteiger charge is 2.29. The fraction of sp³-hybridized carbons (Fsp3) is 0.357. The third kappa shape index (κ3) is 11.2. The van der Waals surface area contributed by atoms with E-state index in [2.05, 4.69) is 50.3 Å². The van der Waals surface area contributed by atoms with Gasteiger partial charge in [0, 0.05) is 67.4 Å². The minimum Gasteiger partial charge on any atom is -0.399 e. The predicted molar refractivity (Wildman–Crippen MR) is 237 cm³/mol. The van der Waals surface area contributed by atoms with Crippen molar-refractivity contribution >= 4 is 85.9 Å². The lowest BCUT2D eigenvalue weighted by Crippen LogP contribution is -2.37. The summed E-state index contributed by atoms with van der Waals surface area (Å²) in [4.78, 5) is 73.3. The largest absolute Gasteiger partial charge is 0.399 e. The molecule has 6 aromatic rings. The third-order valence-corrected chi connectivity index (χ3v) is 10.2. The number of nitrogen functional groups attached to an aromatic ring is 2. The molecule has 9 rings (SSSR count). The van der Waals surface area contributed by atoms with Crippen molar-refractivity contribution in [2.24, 2.45) is 11.8 Å². The smallest absolute Gasteiger partial charge is 0.233 e. The van der Waals surface area contributed by atoms with Gasteiger partial charge in [0.1, 0.15) is 0 Å². The number of benzene rings is 2. The summed E-state index contributed by atoms with van der Waals surface area (Å²) in [5.74, 6) is 1.71. The van der Waals surface area contributed by atoms with E-state index in [-0.39, 0.29) is 40.8 Å². The Kier molecular flexibility index (Phi) is 13.8. The van der Waals surface area contributed by atoms with E-state index in [9.17, 15) is 14.4 Å². The number of nitrogens with zero attached hydrogens (tertiary/aromatic N) is 10. The number of hydrogen-bond donors (Lipinski definition) is 4. The number of hydrogen-bond acceptors (Lipinski definition) is 17. The molecule has 6 N–H and O–H groups in total. The Morgan fingerprint density at radius 2 is 1.18 bits per heavy atom. The van der Waals surface area contributed by atoms with Gasteiger partial charge in [0.15, 0.2) is 34.0 Å². The molecule has 2 aromatic carbocycles. The van der Waals surface area contributed by atoms with Gasteiger partial charge in [0.25, 0.3) is 0 Å². The predicted octanol–water partition coefficient (Wildman–Crippen LogP) is 4.73. The molecule has 20 heteroatoms. The summed E-state index contributed by atoms with van der Waals surface area (Å²) in [6, 6.07) is 15.0. The van der Waals surface area contributed by atoms with Crippen molar-refractivity contribution in [2.75, 3.05) is 84.5 Å². The van der Waals surface area contributed by atoms with Crippen molar-refractivity contribution in [1.82, 2.24) is 39.9 Å². The molecule has 0 radical (unpaired) electrons. The fourth-order valence-corrected chi connectivity index (χ4v) is 6.25. The summed E-state index contributed by atoms with van der Waals surface area (Å²) < 4.78 is 10.9. The molecule has 4 aromatic heterocycles. The van der Waals surface area contributed by atoms with Crippen molar-refractivity contribution in [2.45, 2.75) is 33.6 Å². The maximum Gasteiger partial charge on any atom is 0.233 e. The summed E-state index contributed by atoms with van der Waals surface area (Å²) in [6.07, 6.45) is 5.29. The molecule has 0 atom stereocenters. The minimum atomic E-state index is -0.269. The lowest BCUT2D eigenvalue weighted by molar-refractivity contribution is -0.117. The van der Waals surface area contributed by atoms with Gasteiger partial charge < -0.3 is 36.1 Å². The molecular weight excluding hydrogens is 816 g/mol. The first-order valence-electron chi connectivity index (χ1n) is 20.2. The van der Waals surface area contributed by atoms with Gasteiger partial charge in [-0.2, -0.15) is 19.9 Å². The van der Waals surface area contributed by atoms with E-state index < -0.39 is 0 Å². The van der Waals surface area contributed by atoms with Gasteiger partial charge >= 0.3 is 0 Å². The average Bonchev–Trinajstić information content (AvgIpc) is 4.13. The Labute approximate surface area is 362 Å². The highest BCUT2D eigenvalue weighted by atomic mass is 35.5. The number of rotatable bonds is 8. The summed E-state index contributed by atoms with van der Waals surface area (Å²) >= 11 is 4.97. The number of morpholine rings is 2. The lowest BCUT2D eigenvalue weighted by atomic mass is 10.1. The average molecular weight is 863 g/mol. The van der Waals surface area contributed by atoms with Crippen LogP contribution in [0.4, 0.5) is 34.9 Å². The number of halogens is 1. The zero-order chi connectivity index (χ0) is 43.8. The van der Waals surface area contributed by atoms with E-state index in [0.717, 1.165) is 29.7 Å². The highest BCUT2D eigenvalue weighted by molar-refractivity contribution is 6.63. The molecule has 62 heavy (non-hydrogen) atoms. The topological polar surface area (TPSA) is 255 Å². The van der Waals surface area contributed by atoms with Gasteiger partial charge in [-0.3, -0.25) is 19.7 Å². The van der Waals surface area contributed by atoms with Crippen LogP contribution in [-0.2, 0) is 23.9 Å². The number of carbonyl (C=O) groups excluding carboxylic acids is 3. The van der Waals surface area contributed by atoms with E-state index in [1.165, 1.54) is 6.92 Å². The summed E-state index contributed by atoms with van der Waals surface area (Å²) in [6.45, 7) is 10.2. The molecule has 0 bridgehead atoms. The molecule has 2 aliphatic heterocycles. The normalized spacial score (nSPS) is 15.0. The lowest BCUT2D eigenvalue weighted by Gasteiger charge is -2.28. The van der Waals surface area contributed by atoms with Crippen LogP contribution < -0.4 is 31.9 Å². The van der Waals surface area contributed by atoms with Crippen molar-refractivity contribution in [3.8, 4) is 22.5 Å². The van der Waals surface area contributed by atoms with Gasteiger partial charge in [-0.25, -0.2) is 19.9 Å². The standard InChI is InChI=1S/C20H21N7O2.C18H19N7O2.C4H7ClO/c21-20-25-17-16(18(26-20)27-7-9-29-10-8-27)24-15(11-22-17)12-3-5-14(6-4-12)23-19(28)13-1-2-13;1-11(26)21-18-23-16-15(17(24-18)25-6-8-27-9-7-25)22-14(10-20-16)12-2-4-13(19)5-3-12;1-3(2)4(5)6/h3-6,11,13H,1-2,7-10H2,(H,23,28)(H2,21,22,25,26);2-5,10H,6-9,19H2,1H3,(H,20,21,23,24,26);3H,1-2H3. The summed E-state index contributed by atoms with van der Waals surface area (Å²) in [5.41, 5.74) is 18.4. The quantitative estimate of drug-likeness (QED) is 0.119. The van der Waals surface area contributed by atoms with Crippen molar-refractivity contribution in [1.29, 1.82) is 0 Å².